The van der Waals surface area contributed by atoms with Crippen LogP contribution in [0.15, 0.2) is 40.2 Å². The van der Waals surface area contributed by atoms with Gasteiger partial charge >= 0.3 is 0 Å². The molecule has 5 nitrogen and oxygen atoms in total. The molecule has 0 radical (unpaired) electrons. The molecule has 1 fully saturated rings. The van der Waals surface area contributed by atoms with E-state index in [1.807, 2.05) is 6.07 Å². The molecule has 1 atom stereocenters. The molecule has 0 aliphatic carbocycles. The quantitative estimate of drug-likeness (QED) is 0.252. The molecule has 1 aliphatic rings. The number of nitrogens with one attached hydrogen (secondary N) is 1. The monoisotopic (exact) mass is 507 g/mol. The second-order valence-electron chi connectivity index (χ2n) is 7.03. The van der Waals surface area contributed by atoms with E-state index in [2.05, 4.69) is 29.1 Å². The molecular weight excluding hydrogens is 473 g/mol. The minimum atomic E-state index is -3.20. The Labute approximate surface area is 182 Å². The van der Waals surface area contributed by atoms with Gasteiger partial charge in [0.05, 0.1) is 10.6 Å². The molecule has 1 unspecified atom stereocenters. The fraction of sp³-hybridized carbons (Fsp3) is 0.650. The van der Waals surface area contributed by atoms with Crippen LogP contribution in [0.4, 0.5) is 0 Å². The highest BCUT2D eigenvalue weighted by Gasteiger charge is 2.29. The van der Waals surface area contributed by atoms with Gasteiger partial charge in [-0.25, -0.2) is 8.42 Å². The Morgan fingerprint density at radius 2 is 1.93 bits per heavy atom. The van der Waals surface area contributed by atoms with Gasteiger partial charge in [0.25, 0.3) is 0 Å². The molecule has 1 aromatic carbocycles. The van der Waals surface area contributed by atoms with Crippen LogP contribution in [-0.2, 0) is 9.84 Å². The normalized spacial score (nSPS) is 17.9. The molecule has 1 aromatic rings. The highest BCUT2D eigenvalue weighted by atomic mass is 127. The first-order chi connectivity index (χ1) is 12.5. The van der Waals surface area contributed by atoms with Crippen LogP contribution in [0.5, 0.6) is 0 Å². The largest absolute Gasteiger partial charge is 0.356 e. The van der Waals surface area contributed by atoms with Crippen molar-refractivity contribution in [2.45, 2.75) is 44.4 Å². The SMILES string of the molecule is CCC(CC)C1CCN(C(=NC)NCCCS(=O)(=O)c2ccccc2)C1.I. The van der Waals surface area contributed by atoms with E-state index in [-0.39, 0.29) is 29.7 Å². The Kier molecular flexibility index (Phi) is 10.7. The highest BCUT2D eigenvalue weighted by Crippen LogP contribution is 2.28. The summed E-state index contributed by atoms with van der Waals surface area (Å²) in [5.74, 6) is 2.57. The van der Waals surface area contributed by atoms with Crippen LogP contribution in [0.3, 0.4) is 0 Å². The summed E-state index contributed by atoms with van der Waals surface area (Å²) < 4.78 is 24.6. The summed E-state index contributed by atoms with van der Waals surface area (Å²) in [6.45, 7) is 7.25. The molecule has 2 rings (SSSR count). The molecule has 1 heterocycles. The van der Waals surface area contributed by atoms with Crippen LogP contribution in [0.2, 0.25) is 0 Å². The minimum Gasteiger partial charge on any atom is -0.356 e. The van der Waals surface area contributed by atoms with Crippen molar-refractivity contribution in [2.24, 2.45) is 16.8 Å². The van der Waals surface area contributed by atoms with Crippen LogP contribution in [0.25, 0.3) is 0 Å². The summed E-state index contributed by atoms with van der Waals surface area (Å²) in [4.78, 5) is 7.10. The third-order valence-electron chi connectivity index (χ3n) is 5.43. The summed E-state index contributed by atoms with van der Waals surface area (Å²) in [5.41, 5.74) is 0. The standard InChI is InChI=1S/C20H33N3O2S.HI/c1-4-17(5-2)18-12-14-23(16-18)20(21-3)22-13-9-15-26(24,25)19-10-7-6-8-11-19;/h6-8,10-11,17-18H,4-5,9,12-16H2,1-3H3,(H,21,22);1H. The fourth-order valence-corrected chi connectivity index (χ4v) is 5.19. The van der Waals surface area contributed by atoms with Crippen molar-refractivity contribution in [3.63, 3.8) is 0 Å². The molecule has 154 valence electrons. The van der Waals surface area contributed by atoms with Gasteiger partial charge in [-0.3, -0.25) is 4.99 Å². The number of rotatable bonds is 8. The molecule has 1 saturated heterocycles. The lowest BCUT2D eigenvalue weighted by molar-refractivity contribution is 0.319. The van der Waals surface area contributed by atoms with Gasteiger partial charge in [-0.05, 0) is 36.8 Å². The van der Waals surface area contributed by atoms with Crippen molar-refractivity contribution in [1.29, 1.82) is 0 Å². The zero-order chi connectivity index (χ0) is 19.0. The van der Waals surface area contributed by atoms with Gasteiger partial charge in [-0.15, -0.1) is 24.0 Å². The Morgan fingerprint density at radius 3 is 2.52 bits per heavy atom. The number of hydrogen-bond acceptors (Lipinski definition) is 3. The molecule has 0 saturated carbocycles. The van der Waals surface area contributed by atoms with E-state index in [4.69, 9.17) is 0 Å². The lowest BCUT2D eigenvalue weighted by Crippen LogP contribution is -2.41. The van der Waals surface area contributed by atoms with Crippen molar-refractivity contribution < 1.29 is 8.42 Å². The molecular formula is C20H34IN3O2S. The molecule has 0 aromatic heterocycles. The first-order valence-corrected chi connectivity index (χ1v) is 11.4. The van der Waals surface area contributed by atoms with Crippen molar-refractivity contribution in [3.8, 4) is 0 Å². The second kappa shape index (κ2) is 11.9. The van der Waals surface area contributed by atoms with Gasteiger partial charge in [0, 0.05) is 26.7 Å². The molecule has 0 spiro atoms. The van der Waals surface area contributed by atoms with E-state index >= 15 is 0 Å². The lowest BCUT2D eigenvalue weighted by Gasteiger charge is -2.24. The number of likely N-dealkylation sites (tertiary alicyclic amines) is 1. The van der Waals surface area contributed by atoms with Crippen molar-refractivity contribution in [2.75, 3.05) is 32.4 Å². The van der Waals surface area contributed by atoms with E-state index < -0.39 is 9.84 Å². The average molecular weight is 507 g/mol. The number of aliphatic imine (C=N–C) groups is 1. The fourth-order valence-electron chi connectivity index (χ4n) is 3.86. The maximum atomic E-state index is 12.3. The van der Waals surface area contributed by atoms with E-state index in [0.717, 1.165) is 30.9 Å². The third-order valence-corrected chi connectivity index (χ3v) is 7.24. The average Bonchev–Trinajstić information content (AvgIpc) is 3.13. The molecule has 0 bridgehead atoms. The topological polar surface area (TPSA) is 61.8 Å². The Bertz CT molecular complexity index is 676. The molecule has 0 amide bonds. The van der Waals surface area contributed by atoms with Crippen LogP contribution in [-0.4, -0.2) is 51.7 Å². The van der Waals surface area contributed by atoms with E-state index in [9.17, 15) is 8.42 Å². The van der Waals surface area contributed by atoms with Gasteiger partial charge in [0.1, 0.15) is 0 Å². The first kappa shape index (κ1) is 24.2. The predicted octanol–water partition coefficient (Wildman–Crippen LogP) is 3.80. The zero-order valence-electron chi connectivity index (χ0n) is 16.7. The summed E-state index contributed by atoms with van der Waals surface area (Å²) in [7, 11) is -1.41. The van der Waals surface area contributed by atoms with Gasteiger partial charge < -0.3 is 10.2 Å². The van der Waals surface area contributed by atoms with Gasteiger partial charge in [-0.2, -0.15) is 0 Å². The lowest BCUT2D eigenvalue weighted by atomic mass is 9.87. The number of hydrogen-bond donors (Lipinski definition) is 1. The summed E-state index contributed by atoms with van der Waals surface area (Å²) in [6, 6.07) is 8.66. The van der Waals surface area contributed by atoms with Gasteiger partial charge in [0.15, 0.2) is 15.8 Å². The van der Waals surface area contributed by atoms with Crippen molar-refractivity contribution in [3.05, 3.63) is 30.3 Å². The second-order valence-corrected chi connectivity index (χ2v) is 9.14. The summed E-state index contributed by atoms with van der Waals surface area (Å²) >= 11 is 0. The third kappa shape index (κ3) is 6.93. The zero-order valence-corrected chi connectivity index (χ0v) is 19.9. The maximum Gasteiger partial charge on any atom is 0.193 e. The van der Waals surface area contributed by atoms with Crippen LogP contribution in [0, 0.1) is 11.8 Å². The van der Waals surface area contributed by atoms with Crippen molar-refractivity contribution >= 4 is 39.8 Å². The Hall–Kier alpha value is -0.830. The van der Waals surface area contributed by atoms with Crippen LogP contribution < -0.4 is 5.32 Å². The van der Waals surface area contributed by atoms with E-state index in [0.29, 0.717) is 17.9 Å². The molecule has 1 aliphatic heterocycles. The van der Waals surface area contributed by atoms with E-state index in [1.54, 1.807) is 31.3 Å². The minimum absolute atomic E-state index is 0. The Morgan fingerprint density at radius 1 is 1.26 bits per heavy atom. The number of guanidine groups is 1. The molecule has 1 N–H and O–H groups in total. The maximum absolute atomic E-state index is 12.3. The molecule has 27 heavy (non-hydrogen) atoms. The Balaban J connectivity index is 0.00000364. The number of sulfone groups is 1. The number of benzene rings is 1. The summed E-state index contributed by atoms with van der Waals surface area (Å²) in [6.07, 6.45) is 4.26. The van der Waals surface area contributed by atoms with Crippen molar-refractivity contribution in [1.82, 2.24) is 10.2 Å². The van der Waals surface area contributed by atoms with Crippen LogP contribution >= 0.6 is 24.0 Å². The number of nitrogens with zero attached hydrogens (tertiary/aromatic N) is 2. The highest BCUT2D eigenvalue weighted by molar-refractivity contribution is 14.0. The van der Waals surface area contributed by atoms with Gasteiger partial charge in [0.2, 0.25) is 0 Å². The molecule has 7 heteroatoms. The smallest absolute Gasteiger partial charge is 0.193 e. The predicted molar refractivity (Wildman–Crippen MR) is 124 cm³/mol. The number of halogens is 1. The van der Waals surface area contributed by atoms with E-state index in [1.165, 1.54) is 19.3 Å². The first-order valence-electron chi connectivity index (χ1n) is 9.75. The van der Waals surface area contributed by atoms with Gasteiger partial charge in [-0.1, -0.05) is 44.9 Å². The summed E-state index contributed by atoms with van der Waals surface area (Å²) in [5, 5.41) is 3.34. The van der Waals surface area contributed by atoms with Crippen LogP contribution in [0.1, 0.15) is 39.5 Å².